The molecule has 1 aliphatic heterocycles. The van der Waals surface area contributed by atoms with Gasteiger partial charge < -0.3 is 15.4 Å². The Morgan fingerprint density at radius 2 is 2.00 bits per heavy atom. The smallest absolute Gasteiger partial charge is 0.251 e. The van der Waals surface area contributed by atoms with Crippen molar-refractivity contribution in [2.45, 2.75) is 30.8 Å². The van der Waals surface area contributed by atoms with Crippen molar-refractivity contribution in [3.8, 4) is 0 Å². The molecule has 2 aromatic rings. The van der Waals surface area contributed by atoms with E-state index in [0.29, 0.717) is 23.5 Å². The molecule has 0 bridgehead atoms. The zero-order chi connectivity index (χ0) is 19.1. The van der Waals surface area contributed by atoms with Crippen molar-refractivity contribution in [1.82, 2.24) is 5.32 Å². The number of rotatable bonds is 7. The maximum absolute atomic E-state index is 12.4. The molecular weight excluding hydrogens is 360 g/mol. The molecule has 0 saturated carbocycles. The monoisotopic (exact) mass is 384 g/mol. The van der Waals surface area contributed by atoms with Crippen molar-refractivity contribution in [1.29, 1.82) is 0 Å². The van der Waals surface area contributed by atoms with Crippen LogP contribution in [0.25, 0.3) is 0 Å². The largest absolute Gasteiger partial charge is 0.376 e. The van der Waals surface area contributed by atoms with Gasteiger partial charge in [0.05, 0.1) is 11.9 Å². The molecule has 2 N–H and O–H groups in total. The summed E-state index contributed by atoms with van der Waals surface area (Å²) < 4.78 is 5.52. The molecule has 0 aliphatic carbocycles. The average Bonchev–Trinajstić information content (AvgIpc) is 3.20. The Balaban J connectivity index is 1.55. The summed E-state index contributed by atoms with van der Waals surface area (Å²) in [7, 11) is 0. The lowest BCUT2D eigenvalue weighted by Crippen LogP contribution is -2.31. The highest BCUT2D eigenvalue weighted by Crippen LogP contribution is 2.20. The minimum Gasteiger partial charge on any atom is -0.376 e. The van der Waals surface area contributed by atoms with Gasteiger partial charge in [-0.3, -0.25) is 9.59 Å². The number of hydrogen-bond acceptors (Lipinski definition) is 4. The molecule has 2 aromatic carbocycles. The number of nitrogens with one attached hydrogen (secondary N) is 2. The molecular formula is C21H24N2O3S. The van der Waals surface area contributed by atoms with E-state index in [1.165, 1.54) is 11.8 Å². The topological polar surface area (TPSA) is 67.4 Å². The number of benzene rings is 2. The molecule has 1 atom stereocenters. The van der Waals surface area contributed by atoms with E-state index in [2.05, 4.69) is 10.6 Å². The van der Waals surface area contributed by atoms with Gasteiger partial charge in [0.25, 0.3) is 5.91 Å². The molecule has 1 heterocycles. The number of carbonyl (C=O) groups is 2. The zero-order valence-electron chi connectivity index (χ0n) is 15.4. The van der Waals surface area contributed by atoms with Gasteiger partial charge in [-0.1, -0.05) is 24.3 Å². The molecule has 0 spiro atoms. The number of thioether (sulfide) groups is 1. The van der Waals surface area contributed by atoms with E-state index >= 15 is 0 Å². The summed E-state index contributed by atoms with van der Waals surface area (Å²) in [6, 6.07) is 15.1. The van der Waals surface area contributed by atoms with Gasteiger partial charge in [-0.25, -0.2) is 0 Å². The van der Waals surface area contributed by atoms with Crippen LogP contribution in [0.2, 0.25) is 0 Å². The predicted molar refractivity (Wildman–Crippen MR) is 108 cm³/mol. The van der Waals surface area contributed by atoms with Gasteiger partial charge in [-0.2, -0.15) is 0 Å². The fourth-order valence-electron chi connectivity index (χ4n) is 2.86. The van der Waals surface area contributed by atoms with Gasteiger partial charge in [-0.15, -0.1) is 11.8 Å². The first-order chi connectivity index (χ1) is 13.1. The number of carbonyl (C=O) groups excluding carboxylic acids is 2. The van der Waals surface area contributed by atoms with Gasteiger partial charge in [0.2, 0.25) is 5.91 Å². The van der Waals surface area contributed by atoms with Crippen LogP contribution < -0.4 is 10.6 Å². The number of hydrogen-bond donors (Lipinski definition) is 2. The summed E-state index contributed by atoms with van der Waals surface area (Å²) in [4.78, 5) is 25.7. The van der Waals surface area contributed by atoms with E-state index in [9.17, 15) is 9.59 Å². The van der Waals surface area contributed by atoms with Crippen molar-refractivity contribution < 1.29 is 14.3 Å². The SMILES string of the molecule is Cc1ccc(C(=O)NCC2CCCO2)cc1NC(=O)CSc1ccccc1. The number of ether oxygens (including phenoxy) is 1. The Kier molecular flexibility index (Phi) is 6.90. The van der Waals surface area contributed by atoms with Crippen molar-refractivity contribution in [2.24, 2.45) is 0 Å². The Morgan fingerprint density at radius 3 is 2.74 bits per heavy atom. The molecule has 1 saturated heterocycles. The lowest BCUT2D eigenvalue weighted by Gasteiger charge is -2.13. The fourth-order valence-corrected chi connectivity index (χ4v) is 3.58. The zero-order valence-corrected chi connectivity index (χ0v) is 16.2. The van der Waals surface area contributed by atoms with Crippen LogP contribution in [0.4, 0.5) is 5.69 Å². The quantitative estimate of drug-likeness (QED) is 0.716. The van der Waals surface area contributed by atoms with E-state index in [-0.39, 0.29) is 17.9 Å². The Morgan fingerprint density at radius 1 is 1.19 bits per heavy atom. The third-order valence-corrected chi connectivity index (χ3v) is 5.41. The first-order valence-electron chi connectivity index (χ1n) is 9.10. The molecule has 1 unspecified atom stereocenters. The first-order valence-corrected chi connectivity index (χ1v) is 10.1. The van der Waals surface area contributed by atoms with Crippen LogP contribution in [-0.2, 0) is 9.53 Å². The highest BCUT2D eigenvalue weighted by atomic mass is 32.2. The number of aryl methyl sites for hydroxylation is 1. The lowest BCUT2D eigenvalue weighted by atomic mass is 10.1. The second kappa shape index (κ2) is 9.58. The lowest BCUT2D eigenvalue weighted by molar-refractivity contribution is -0.113. The van der Waals surface area contributed by atoms with Crippen LogP contribution in [0.3, 0.4) is 0 Å². The van der Waals surface area contributed by atoms with Crippen molar-refractivity contribution in [3.05, 3.63) is 59.7 Å². The van der Waals surface area contributed by atoms with Crippen molar-refractivity contribution in [3.63, 3.8) is 0 Å². The number of amides is 2. The van der Waals surface area contributed by atoms with Gasteiger partial charge in [0.1, 0.15) is 0 Å². The first kappa shape index (κ1) is 19.5. The summed E-state index contributed by atoms with van der Waals surface area (Å²) in [5, 5.41) is 5.82. The van der Waals surface area contributed by atoms with E-state index < -0.39 is 0 Å². The third kappa shape index (κ3) is 5.84. The van der Waals surface area contributed by atoms with Crippen LogP contribution in [0.5, 0.6) is 0 Å². The average molecular weight is 385 g/mol. The molecule has 1 fully saturated rings. The second-order valence-corrected chi connectivity index (χ2v) is 7.57. The highest BCUT2D eigenvalue weighted by molar-refractivity contribution is 8.00. The normalized spacial score (nSPS) is 16.1. The van der Waals surface area contributed by atoms with Crippen molar-refractivity contribution >= 4 is 29.3 Å². The molecule has 5 nitrogen and oxygen atoms in total. The molecule has 0 aromatic heterocycles. The molecule has 142 valence electrons. The molecule has 1 aliphatic rings. The van der Waals surface area contributed by atoms with E-state index in [1.807, 2.05) is 43.3 Å². The van der Waals surface area contributed by atoms with E-state index in [1.54, 1.807) is 12.1 Å². The van der Waals surface area contributed by atoms with Gasteiger partial charge in [0, 0.05) is 29.3 Å². The highest BCUT2D eigenvalue weighted by Gasteiger charge is 2.17. The molecule has 0 radical (unpaired) electrons. The Bertz CT molecular complexity index is 789. The van der Waals surface area contributed by atoms with Gasteiger partial charge in [0.15, 0.2) is 0 Å². The van der Waals surface area contributed by atoms with Crippen molar-refractivity contribution in [2.75, 3.05) is 24.2 Å². The Hall–Kier alpha value is -2.31. The summed E-state index contributed by atoms with van der Waals surface area (Å²) >= 11 is 1.48. The van der Waals surface area contributed by atoms with E-state index in [0.717, 1.165) is 29.9 Å². The maximum Gasteiger partial charge on any atom is 0.251 e. The molecule has 3 rings (SSSR count). The van der Waals surface area contributed by atoms with Crippen LogP contribution in [0, 0.1) is 6.92 Å². The molecule has 2 amide bonds. The Labute approximate surface area is 163 Å². The maximum atomic E-state index is 12.4. The summed E-state index contributed by atoms with van der Waals surface area (Å²) in [5.41, 5.74) is 2.12. The standard InChI is InChI=1S/C21H24N2O3S/c1-15-9-10-16(21(25)22-13-17-6-5-11-26-17)12-19(15)23-20(24)14-27-18-7-3-2-4-8-18/h2-4,7-10,12,17H,5-6,11,13-14H2,1H3,(H,22,25)(H,23,24). The minimum absolute atomic E-state index is 0.0936. The number of anilines is 1. The fraction of sp³-hybridized carbons (Fsp3) is 0.333. The van der Waals surface area contributed by atoms with Crippen LogP contribution in [0.15, 0.2) is 53.4 Å². The van der Waals surface area contributed by atoms with Crippen LogP contribution in [-0.4, -0.2) is 36.8 Å². The third-order valence-electron chi connectivity index (χ3n) is 4.40. The predicted octanol–water partition coefficient (Wildman–Crippen LogP) is 3.63. The summed E-state index contributed by atoms with van der Waals surface area (Å²) in [5.74, 6) is 0.0716. The molecule has 27 heavy (non-hydrogen) atoms. The van der Waals surface area contributed by atoms with Crippen LogP contribution in [0.1, 0.15) is 28.8 Å². The van der Waals surface area contributed by atoms with E-state index in [4.69, 9.17) is 4.74 Å². The van der Waals surface area contributed by atoms with Gasteiger partial charge in [-0.05, 0) is 49.6 Å². The summed E-state index contributed by atoms with van der Waals surface area (Å²) in [6.45, 7) is 3.19. The van der Waals surface area contributed by atoms with Gasteiger partial charge >= 0.3 is 0 Å². The minimum atomic E-state index is -0.153. The molecule has 6 heteroatoms. The second-order valence-electron chi connectivity index (χ2n) is 6.52. The van der Waals surface area contributed by atoms with Crippen LogP contribution >= 0.6 is 11.8 Å². The summed E-state index contributed by atoms with van der Waals surface area (Å²) in [6.07, 6.45) is 2.13.